The molecule has 25 heavy (non-hydrogen) atoms. The molecule has 0 aliphatic heterocycles. The molecule has 1 amide bonds. The smallest absolute Gasteiger partial charge is 0.221 e. The Morgan fingerprint density at radius 2 is 1.84 bits per heavy atom. The number of amides is 1. The highest BCUT2D eigenvalue weighted by atomic mass is 16.3. The van der Waals surface area contributed by atoms with Crippen LogP contribution in [-0.2, 0) is 17.6 Å². The SMILES string of the molecule is NC(=O)[C@@H]1C[C@H]1c1cccc2oc(CCCCc3ccccc3)cc12. The third-order valence-electron chi connectivity index (χ3n) is 5.18. The van der Waals surface area contributed by atoms with Gasteiger partial charge in [0.1, 0.15) is 11.3 Å². The second-order valence-electron chi connectivity index (χ2n) is 7.02. The molecule has 3 aromatic rings. The first-order valence-electron chi connectivity index (χ1n) is 9.07. The second-order valence-corrected chi connectivity index (χ2v) is 7.02. The maximum atomic E-state index is 11.4. The summed E-state index contributed by atoms with van der Waals surface area (Å²) in [5.41, 5.74) is 8.96. The van der Waals surface area contributed by atoms with Gasteiger partial charge in [-0.3, -0.25) is 4.79 Å². The van der Waals surface area contributed by atoms with Crippen molar-refractivity contribution in [1.29, 1.82) is 0 Å². The molecule has 1 aromatic heterocycles. The minimum absolute atomic E-state index is 0.00479. The summed E-state index contributed by atoms with van der Waals surface area (Å²) in [4.78, 5) is 11.4. The van der Waals surface area contributed by atoms with Gasteiger partial charge < -0.3 is 10.2 Å². The van der Waals surface area contributed by atoms with Gasteiger partial charge in [0.15, 0.2) is 0 Å². The first-order chi connectivity index (χ1) is 12.2. The molecular formula is C22H23NO2. The molecule has 1 fully saturated rings. The maximum absolute atomic E-state index is 11.4. The van der Waals surface area contributed by atoms with Gasteiger partial charge in [0.05, 0.1) is 0 Å². The zero-order valence-electron chi connectivity index (χ0n) is 14.3. The van der Waals surface area contributed by atoms with Crippen LogP contribution < -0.4 is 5.73 Å². The van der Waals surface area contributed by atoms with E-state index in [0.717, 1.165) is 48.8 Å². The molecule has 0 bridgehead atoms. The average molecular weight is 333 g/mol. The van der Waals surface area contributed by atoms with Crippen LogP contribution in [0.2, 0.25) is 0 Å². The number of primary amides is 1. The summed E-state index contributed by atoms with van der Waals surface area (Å²) in [5.74, 6) is 1.11. The molecule has 4 rings (SSSR count). The molecule has 128 valence electrons. The highest BCUT2D eigenvalue weighted by Crippen LogP contribution is 2.49. The van der Waals surface area contributed by atoms with E-state index in [9.17, 15) is 4.79 Å². The van der Waals surface area contributed by atoms with Crippen LogP contribution in [0, 0.1) is 5.92 Å². The quantitative estimate of drug-likeness (QED) is 0.643. The molecule has 2 N–H and O–H groups in total. The molecule has 1 heterocycles. The van der Waals surface area contributed by atoms with Crippen molar-refractivity contribution in [2.75, 3.05) is 0 Å². The Morgan fingerprint density at radius 1 is 1.04 bits per heavy atom. The van der Waals surface area contributed by atoms with Crippen molar-refractivity contribution in [1.82, 2.24) is 0 Å². The number of carbonyl (C=O) groups is 1. The van der Waals surface area contributed by atoms with Crippen molar-refractivity contribution in [2.24, 2.45) is 11.7 Å². The van der Waals surface area contributed by atoms with Crippen molar-refractivity contribution in [3.8, 4) is 0 Å². The van der Waals surface area contributed by atoms with E-state index in [4.69, 9.17) is 10.2 Å². The number of fused-ring (bicyclic) bond motifs is 1. The van der Waals surface area contributed by atoms with Crippen LogP contribution in [0.5, 0.6) is 0 Å². The van der Waals surface area contributed by atoms with Crippen LogP contribution in [-0.4, -0.2) is 5.91 Å². The topological polar surface area (TPSA) is 56.2 Å². The number of hydrogen-bond acceptors (Lipinski definition) is 2. The fraction of sp³-hybridized carbons (Fsp3) is 0.318. The summed E-state index contributed by atoms with van der Waals surface area (Å²) in [6.45, 7) is 0. The summed E-state index contributed by atoms with van der Waals surface area (Å²) in [6, 6.07) is 18.9. The highest BCUT2D eigenvalue weighted by Gasteiger charge is 2.43. The second kappa shape index (κ2) is 6.75. The highest BCUT2D eigenvalue weighted by molar-refractivity contribution is 5.87. The van der Waals surface area contributed by atoms with E-state index in [1.165, 1.54) is 11.1 Å². The molecule has 0 spiro atoms. The monoisotopic (exact) mass is 333 g/mol. The molecule has 1 saturated carbocycles. The number of rotatable bonds is 7. The average Bonchev–Trinajstić information content (AvgIpc) is 3.32. The summed E-state index contributed by atoms with van der Waals surface area (Å²) < 4.78 is 6.02. The van der Waals surface area contributed by atoms with Gasteiger partial charge in [-0.05, 0) is 54.9 Å². The number of hydrogen-bond donors (Lipinski definition) is 1. The van der Waals surface area contributed by atoms with E-state index in [-0.39, 0.29) is 17.7 Å². The number of unbranched alkanes of at least 4 members (excludes halogenated alkanes) is 1. The largest absolute Gasteiger partial charge is 0.461 e. The minimum Gasteiger partial charge on any atom is -0.461 e. The van der Waals surface area contributed by atoms with Crippen LogP contribution in [0.25, 0.3) is 11.0 Å². The van der Waals surface area contributed by atoms with Gasteiger partial charge in [-0.2, -0.15) is 0 Å². The van der Waals surface area contributed by atoms with E-state index in [1.807, 2.05) is 12.1 Å². The lowest BCUT2D eigenvalue weighted by molar-refractivity contribution is -0.119. The van der Waals surface area contributed by atoms with Gasteiger partial charge in [0, 0.05) is 17.7 Å². The Bertz CT molecular complexity index is 881. The van der Waals surface area contributed by atoms with Crippen LogP contribution in [0.15, 0.2) is 59.0 Å². The molecule has 1 aliphatic carbocycles. The molecule has 0 unspecified atom stereocenters. The van der Waals surface area contributed by atoms with Gasteiger partial charge in [-0.15, -0.1) is 0 Å². The normalized spacial score (nSPS) is 19.2. The molecule has 1 aliphatic rings. The minimum atomic E-state index is -0.188. The van der Waals surface area contributed by atoms with Crippen LogP contribution in [0.4, 0.5) is 0 Å². The summed E-state index contributed by atoms with van der Waals surface area (Å²) in [5, 5.41) is 1.15. The van der Waals surface area contributed by atoms with E-state index in [2.05, 4.69) is 42.5 Å². The van der Waals surface area contributed by atoms with Crippen molar-refractivity contribution < 1.29 is 9.21 Å². The standard InChI is InChI=1S/C22H23NO2/c23-22(24)20-14-18(20)17-11-6-12-21-19(17)13-16(25-21)10-5-4-9-15-7-2-1-3-8-15/h1-3,6-8,11-13,18,20H,4-5,9-10,14H2,(H2,23,24)/t18-,20+/m0/s1. The molecule has 3 nitrogen and oxygen atoms in total. The number of carbonyl (C=O) groups excluding carboxylic acids is 1. The number of aryl methyl sites for hydroxylation is 2. The molecule has 0 radical (unpaired) electrons. The van der Waals surface area contributed by atoms with E-state index < -0.39 is 0 Å². The Morgan fingerprint density at radius 3 is 2.60 bits per heavy atom. The fourth-order valence-corrected chi connectivity index (χ4v) is 3.71. The Balaban J connectivity index is 1.40. The lowest BCUT2D eigenvalue weighted by Gasteiger charge is -2.00. The maximum Gasteiger partial charge on any atom is 0.221 e. The summed E-state index contributed by atoms with van der Waals surface area (Å²) >= 11 is 0. The first kappa shape index (κ1) is 15.9. The van der Waals surface area contributed by atoms with E-state index in [1.54, 1.807) is 0 Å². The molecule has 0 saturated heterocycles. The zero-order valence-corrected chi connectivity index (χ0v) is 14.3. The van der Waals surface area contributed by atoms with Crippen LogP contribution in [0.1, 0.15) is 42.1 Å². The predicted octanol–water partition coefficient (Wildman–Crippen LogP) is 4.59. The van der Waals surface area contributed by atoms with Gasteiger partial charge in [-0.1, -0.05) is 42.5 Å². The van der Waals surface area contributed by atoms with Crippen LogP contribution in [0.3, 0.4) is 0 Å². The molecule has 2 aromatic carbocycles. The Hall–Kier alpha value is -2.55. The van der Waals surface area contributed by atoms with Crippen LogP contribution >= 0.6 is 0 Å². The zero-order chi connectivity index (χ0) is 17.2. The van der Waals surface area contributed by atoms with E-state index >= 15 is 0 Å². The number of furan rings is 1. The van der Waals surface area contributed by atoms with Gasteiger partial charge in [-0.25, -0.2) is 0 Å². The molecule has 3 heteroatoms. The summed E-state index contributed by atoms with van der Waals surface area (Å²) in [7, 11) is 0. The van der Waals surface area contributed by atoms with Gasteiger partial charge in [0.25, 0.3) is 0 Å². The van der Waals surface area contributed by atoms with Gasteiger partial charge >= 0.3 is 0 Å². The van der Waals surface area contributed by atoms with E-state index in [0.29, 0.717) is 0 Å². The lowest BCUT2D eigenvalue weighted by atomic mass is 10.0. The number of benzene rings is 2. The molecule has 2 atom stereocenters. The Labute approximate surface area is 147 Å². The molecular weight excluding hydrogens is 310 g/mol. The first-order valence-corrected chi connectivity index (χ1v) is 9.07. The lowest BCUT2D eigenvalue weighted by Crippen LogP contribution is -2.13. The number of nitrogens with two attached hydrogens (primary N) is 1. The third kappa shape index (κ3) is 3.46. The van der Waals surface area contributed by atoms with Crippen molar-refractivity contribution in [3.63, 3.8) is 0 Å². The van der Waals surface area contributed by atoms with Gasteiger partial charge in [0.2, 0.25) is 5.91 Å². The summed E-state index contributed by atoms with van der Waals surface area (Å²) in [6.07, 6.45) is 5.18. The van der Waals surface area contributed by atoms with Crippen molar-refractivity contribution >= 4 is 16.9 Å². The predicted molar refractivity (Wildman–Crippen MR) is 99.3 cm³/mol. The fourth-order valence-electron chi connectivity index (χ4n) is 3.71. The van der Waals surface area contributed by atoms with Crippen molar-refractivity contribution in [2.45, 2.75) is 38.0 Å². The van der Waals surface area contributed by atoms with Crippen molar-refractivity contribution in [3.05, 3.63) is 71.5 Å². The Kier molecular flexibility index (Phi) is 4.31. The third-order valence-corrected chi connectivity index (χ3v) is 5.18.